The number of amidine groups is 1. The van der Waals surface area contributed by atoms with Crippen LogP contribution in [0.15, 0.2) is 62.7 Å². The molecule has 0 aromatic heterocycles. The van der Waals surface area contributed by atoms with Gasteiger partial charge in [-0.05, 0) is 36.5 Å². The number of para-hydroxylation sites is 1. The first-order valence-electron chi connectivity index (χ1n) is 7.64. The lowest BCUT2D eigenvalue weighted by atomic mass is 10.2. The van der Waals surface area contributed by atoms with Crippen LogP contribution in [0.2, 0.25) is 0 Å². The van der Waals surface area contributed by atoms with Gasteiger partial charge in [0.1, 0.15) is 10.6 Å². The fourth-order valence-corrected chi connectivity index (χ4v) is 4.95. The van der Waals surface area contributed by atoms with Crippen LogP contribution in [-0.4, -0.2) is 34.6 Å². The minimum atomic E-state index is -3.81. The molecule has 2 heterocycles. The molecule has 2 N–H and O–H groups in total. The summed E-state index contributed by atoms with van der Waals surface area (Å²) in [6, 6.07) is 12.9. The van der Waals surface area contributed by atoms with Gasteiger partial charge in [0.25, 0.3) is 15.9 Å². The van der Waals surface area contributed by atoms with Crippen LogP contribution in [0.25, 0.3) is 6.08 Å². The number of thiocarbonyl (C=S) groups is 1. The summed E-state index contributed by atoms with van der Waals surface area (Å²) in [6.45, 7) is 0. The van der Waals surface area contributed by atoms with Gasteiger partial charge < -0.3 is 5.11 Å². The van der Waals surface area contributed by atoms with Crippen LogP contribution in [0, 0.1) is 0 Å². The van der Waals surface area contributed by atoms with Gasteiger partial charge in [-0.1, -0.05) is 42.1 Å². The molecule has 27 heavy (non-hydrogen) atoms. The Labute approximate surface area is 164 Å². The van der Waals surface area contributed by atoms with Crippen molar-refractivity contribution in [2.75, 3.05) is 0 Å². The van der Waals surface area contributed by atoms with E-state index in [2.05, 4.69) is 9.82 Å². The number of hydrazine groups is 1. The molecular formula is C17H11N3O4S3. The number of nitrogens with one attached hydrogen (secondary N) is 1. The third-order valence-electron chi connectivity index (χ3n) is 3.87. The highest BCUT2D eigenvalue weighted by Gasteiger charge is 2.36. The predicted molar refractivity (Wildman–Crippen MR) is 106 cm³/mol. The molecule has 1 saturated heterocycles. The Bertz CT molecular complexity index is 1160. The Morgan fingerprint density at radius 2 is 1.85 bits per heavy atom. The number of benzene rings is 2. The SMILES string of the molecule is O=C1/C(=C/c2ccccc2O)SC(=S)N1NC1=NS(=O)(=O)c2ccccc21. The predicted octanol–water partition coefficient (Wildman–Crippen LogP) is 2.25. The Morgan fingerprint density at radius 1 is 1.15 bits per heavy atom. The molecule has 0 saturated carbocycles. The van der Waals surface area contributed by atoms with Crippen molar-refractivity contribution >= 4 is 56.1 Å². The zero-order valence-corrected chi connectivity index (χ0v) is 15.9. The molecule has 7 nitrogen and oxygen atoms in total. The van der Waals surface area contributed by atoms with Crippen LogP contribution < -0.4 is 5.43 Å². The summed E-state index contributed by atoms with van der Waals surface area (Å²) in [5.41, 5.74) is 3.56. The molecule has 0 spiro atoms. The molecule has 4 rings (SSSR count). The lowest BCUT2D eigenvalue weighted by Crippen LogP contribution is -2.44. The summed E-state index contributed by atoms with van der Waals surface area (Å²) in [5, 5.41) is 10.9. The van der Waals surface area contributed by atoms with Crippen LogP contribution in [-0.2, 0) is 14.8 Å². The van der Waals surface area contributed by atoms with E-state index in [0.29, 0.717) is 16.0 Å². The van der Waals surface area contributed by atoms with Gasteiger partial charge >= 0.3 is 0 Å². The quantitative estimate of drug-likeness (QED) is 0.571. The second-order valence-corrected chi connectivity index (χ2v) is 8.85. The van der Waals surface area contributed by atoms with Gasteiger partial charge in [0.05, 0.1) is 4.91 Å². The van der Waals surface area contributed by atoms with Crippen molar-refractivity contribution in [1.29, 1.82) is 0 Å². The first-order valence-corrected chi connectivity index (χ1v) is 10.3. The Kier molecular flexibility index (Phi) is 4.25. The number of aromatic hydroxyl groups is 1. The van der Waals surface area contributed by atoms with E-state index in [-0.39, 0.29) is 20.8 Å². The molecule has 2 aliphatic heterocycles. The normalized spacial score (nSPS) is 19.3. The Balaban J connectivity index is 1.64. The average molecular weight is 417 g/mol. The highest BCUT2D eigenvalue weighted by atomic mass is 32.2. The molecule has 0 unspecified atom stereocenters. The number of sulfonamides is 1. The molecule has 10 heteroatoms. The number of carbonyl (C=O) groups is 1. The molecule has 0 atom stereocenters. The minimum absolute atomic E-state index is 0.0331. The Hall–Kier alpha value is -2.69. The second-order valence-electron chi connectivity index (χ2n) is 5.60. The maximum atomic E-state index is 12.7. The van der Waals surface area contributed by atoms with Gasteiger partial charge in [-0.2, -0.15) is 13.4 Å². The number of fused-ring (bicyclic) bond motifs is 1. The first-order chi connectivity index (χ1) is 12.9. The first kappa shape index (κ1) is 17.7. The fraction of sp³-hybridized carbons (Fsp3) is 0. The number of amides is 1. The zero-order chi connectivity index (χ0) is 19.2. The van der Waals surface area contributed by atoms with E-state index in [1.807, 2.05) is 0 Å². The monoisotopic (exact) mass is 417 g/mol. The van der Waals surface area contributed by atoms with Gasteiger partial charge in [0.2, 0.25) is 0 Å². The number of phenols is 1. The van der Waals surface area contributed by atoms with Crippen LogP contribution >= 0.6 is 24.0 Å². The third kappa shape index (κ3) is 3.11. The summed E-state index contributed by atoms with van der Waals surface area (Å²) in [7, 11) is -3.81. The largest absolute Gasteiger partial charge is 0.507 e. The van der Waals surface area contributed by atoms with Crippen molar-refractivity contribution in [2.24, 2.45) is 4.40 Å². The molecule has 1 amide bonds. The summed E-state index contributed by atoms with van der Waals surface area (Å²) >= 11 is 6.27. The summed E-state index contributed by atoms with van der Waals surface area (Å²) in [4.78, 5) is 13.1. The number of thioether (sulfide) groups is 1. The molecule has 1 fully saturated rings. The molecule has 0 bridgehead atoms. The number of carbonyl (C=O) groups excluding carboxylic acids is 1. The van der Waals surface area contributed by atoms with E-state index < -0.39 is 15.9 Å². The smallest absolute Gasteiger partial charge is 0.285 e. The molecule has 2 aromatic carbocycles. The van der Waals surface area contributed by atoms with Crippen molar-refractivity contribution in [3.8, 4) is 5.75 Å². The van der Waals surface area contributed by atoms with E-state index in [1.54, 1.807) is 36.4 Å². The van der Waals surface area contributed by atoms with Gasteiger partial charge in [-0.3, -0.25) is 10.2 Å². The fourth-order valence-electron chi connectivity index (χ4n) is 2.61. The van der Waals surface area contributed by atoms with Gasteiger partial charge in [0, 0.05) is 11.1 Å². The zero-order valence-electron chi connectivity index (χ0n) is 13.5. The Morgan fingerprint density at radius 3 is 2.63 bits per heavy atom. The highest BCUT2D eigenvalue weighted by molar-refractivity contribution is 8.26. The van der Waals surface area contributed by atoms with Crippen LogP contribution in [0.4, 0.5) is 0 Å². The number of hydrogen-bond donors (Lipinski definition) is 2. The molecule has 2 aliphatic rings. The molecule has 0 aliphatic carbocycles. The lowest BCUT2D eigenvalue weighted by molar-refractivity contribution is -0.123. The maximum Gasteiger partial charge on any atom is 0.285 e. The molecule has 0 radical (unpaired) electrons. The van der Waals surface area contributed by atoms with Crippen LogP contribution in [0.5, 0.6) is 5.75 Å². The van der Waals surface area contributed by atoms with E-state index in [4.69, 9.17) is 12.2 Å². The number of rotatable bonds is 2. The molecule has 136 valence electrons. The number of phenolic OH excluding ortho intramolecular Hbond substituents is 1. The van der Waals surface area contributed by atoms with Crippen molar-refractivity contribution in [3.63, 3.8) is 0 Å². The van der Waals surface area contributed by atoms with E-state index >= 15 is 0 Å². The van der Waals surface area contributed by atoms with Gasteiger partial charge in [-0.25, -0.2) is 0 Å². The van der Waals surface area contributed by atoms with E-state index in [1.165, 1.54) is 18.2 Å². The van der Waals surface area contributed by atoms with Gasteiger partial charge in [0.15, 0.2) is 10.2 Å². The minimum Gasteiger partial charge on any atom is -0.507 e. The second kappa shape index (κ2) is 6.48. The van der Waals surface area contributed by atoms with E-state index in [0.717, 1.165) is 16.8 Å². The maximum absolute atomic E-state index is 12.7. The van der Waals surface area contributed by atoms with Crippen molar-refractivity contribution < 1.29 is 18.3 Å². The number of hydrogen-bond acceptors (Lipinski definition) is 7. The molecule has 2 aromatic rings. The standard InChI is InChI=1S/C17H11N3O4S3/c21-12-7-3-1-5-10(12)9-13-16(22)20(17(25)26-13)18-15-11-6-2-4-8-14(11)27(23,24)19-15/h1-9,21H,(H,18,19)/b13-9-. The lowest BCUT2D eigenvalue weighted by Gasteiger charge is -2.16. The average Bonchev–Trinajstić information content (AvgIpc) is 3.05. The van der Waals surface area contributed by atoms with Gasteiger partial charge in [-0.15, -0.1) is 4.40 Å². The molecular weight excluding hydrogens is 406 g/mol. The summed E-state index contributed by atoms with van der Waals surface area (Å²) < 4.78 is 28.2. The van der Waals surface area contributed by atoms with Crippen molar-refractivity contribution in [2.45, 2.75) is 4.90 Å². The van der Waals surface area contributed by atoms with Crippen molar-refractivity contribution in [3.05, 3.63) is 64.6 Å². The van der Waals surface area contributed by atoms with E-state index in [9.17, 15) is 18.3 Å². The summed E-state index contributed by atoms with van der Waals surface area (Å²) in [5.74, 6) is -0.389. The third-order valence-corrected chi connectivity index (χ3v) is 6.50. The van der Waals surface area contributed by atoms with Crippen molar-refractivity contribution in [1.82, 2.24) is 10.4 Å². The summed E-state index contributed by atoms with van der Waals surface area (Å²) in [6.07, 6.45) is 1.53. The topological polar surface area (TPSA) is 99.1 Å². The number of nitrogens with zero attached hydrogens (tertiary/aromatic N) is 2. The highest BCUT2D eigenvalue weighted by Crippen LogP contribution is 2.34. The van der Waals surface area contributed by atoms with Crippen LogP contribution in [0.1, 0.15) is 11.1 Å². The van der Waals surface area contributed by atoms with Crippen LogP contribution in [0.3, 0.4) is 0 Å².